The van der Waals surface area contributed by atoms with Crippen molar-refractivity contribution >= 4 is 16.9 Å². The lowest BCUT2D eigenvalue weighted by atomic mass is 10.1. The van der Waals surface area contributed by atoms with Crippen LogP contribution in [0.2, 0.25) is 0 Å². The van der Waals surface area contributed by atoms with Crippen LogP contribution in [0.3, 0.4) is 0 Å². The molecule has 0 atom stereocenters. The van der Waals surface area contributed by atoms with Gasteiger partial charge in [-0.1, -0.05) is 12.1 Å². The number of benzene rings is 1. The number of carbonyl (C=O) groups excluding carboxylic acids is 1. The fourth-order valence-electron chi connectivity index (χ4n) is 2.08. The van der Waals surface area contributed by atoms with Crippen LogP contribution in [0.1, 0.15) is 37.2 Å². The smallest absolute Gasteiger partial charge is 0.343 e. The maximum absolute atomic E-state index is 12.3. The van der Waals surface area contributed by atoms with Crippen molar-refractivity contribution in [3.63, 3.8) is 0 Å². The molecule has 4 nitrogen and oxygen atoms in total. The highest BCUT2D eigenvalue weighted by molar-refractivity contribution is 5.93. The van der Waals surface area contributed by atoms with Gasteiger partial charge in [-0.3, -0.25) is 4.79 Å². The van der Waals surface area contributed by atoms with Gasteiger partial charge in [0.25, 0.3) is 0 Å². The number of hydrogen-bond acceptors (Lipinski definition) is 3. The van der Waals surface area contributed by atoms with Gasteiger partial charge in [0.1, 0.15) is 5.56 Å². The molecule has 0 saturated carbocycles. The Bertz CT molecular complexity index is 671. The number of aromatic nitrogens is 1. The van der Waals surface area contributed by atoms with Crippen molar-refractivity contribution in [2.45, 2.75) is 26.8 Å². The van der Waals surface area contributed by atoms with Crippen LogP contribution in [0, 0.1) is 0 Å². The number of esters is 1. The molecule has 0 bridgehead atoms. The van der Waals surface area contributed by atoms with E-state index in [0.29, 0.717) is 5.39 Å². The first-order valence-corrected chi connectivity index (χ1v) is 6.37. The van der Waals surface area contributed by atoms with Crippen LogP contribution in [0.15, 0.2) is 35.3 Å². The van der Waals surface area contributed by atoms with Gasteiger partial charge in [-0.25, -0.2) is 4.79 Å². The van der Waals surface area contributed by atoms with Crippen LogP contribution in [0.25, 0.3) is 10.9 Å². The highest BCUT2D eigenvalue weighted by Crippen LogP contribution is 2.16. The van der Waals surface area contributed by atoms with Gasteiger partial charge < -0.3 is 9.30 Å². The third kappa shape index (κ3) is 2.38. The summed E-state index contributed by atoms with van der Waals surface area (Å²) in [7, 11) is 0. The van der Waals surface area contributed by atoms with E-state index in [1.807, 2.05) is 30.5 Å². The number of carbonyl (C=O) groups is 1. The summed E-state index contributed by atoms with van der Waals surface area (Å²) in [4.78, 5) is 24.2. The summed E-state index contributed by atoms with van der Waals surface area (Å²) in [5, 5.41) is 0.543. The Hall–Kier alpha value is -2.10. The summed E-state index contributed by atoms with van der Waals surface area (Å²) in [6.45, 7) is 5.99. The Kier molecular flexibility index (Phi) is 3.69. The zero-order chi connectivity index (χ0) is 14.0. The lowest BCUT2D eigenvalue weighted by molar-refractivity contribution is 0.0524. The topological polar surface area (TPSA) is 48.3 Å². The highest BCUT2D eigenvalue weighted by Gasteiger charge is 2.16. The predicted molar refractivity (Wildman–Crippen MR) is 74.5 cm³/mol. The second-order valence-corrected chi connectivity index (χ2v) is 4.61. The maximum atomic E-state index is 12.3. The van der Waals surface area contributed by atoms with E-state index in [0.717, 1.165) is 5.52 Å². The molecule has 0 spiro atoms. The minimum Gasteiger partial charge on any atom is -0.462 e. The van der Waals surface area contributed by atoms with E-state index >= 15 is 0 Å². The second-order valence-electron chi connectivity index (χ2n) is 4.61. The van der Waals surface area contributed by atoms with Crippen molar-refractivity contribution in [1.29, 1.82) is 0 Å². The van der Waals surface area contributed by atoms with Crippen molar-refractivity contribution in [1.82, 2.24) is 4.57 Å². The van der Waals surface area contributed by atoms with Crippen LogP contribution in [0.4, 0.5) is 0 Å². The zero-order valence-electron chi connectivity index (χ0n) is 11.3. The lowest BCUT2D eigenvalue weighted by Crippen LogP contribution is -2.21. The Morgan fingerprint density at radius 1 is 1.32 bits per heavy atom. The monoisotopic (exact) mass is 259 g/mol. The number of rotatable bonds is 3. The molecular weight excluding hydrogens is 242 g/mol. The van der Waals surface area contributed by atoms with E-state index in [2.05, 4.69) is 0 Å². The second kappa shape index (κ2) is 5.26. The van der Waals surface area contributed by atoms with Crippen molar-refractivity contribution < 1.29 is 9.53 Å². The van der Waals surface area contributed by atoms with E-state index in [4.69, 9.17) is 4.74 Å². The molecule has 0 N–H and O–H groups in total. The third-order valence-electron chi connectivity index (χ3n) is 2.99. The Morgan fingerprint density at radius 3 is 2.63 bits per heavy atom. The molecule has 1 aromatic heterocycles. The zero-order valence-corrected chi connectivity index (χ0v) is 11.3. The average Bonchev–Trinajstić information content (AvgIpc) is 2.39. The summed E-state index contributed by atoms with van der Waals surface area (Å²) in [6.07, 6.45) is 1.59. The van der Waals surface area contributed by atoms with Gasteiger partial charge in [0, 0.05) is 17.6 Å². The molecule has 0 aliphatic carbocycles. The quantitative estimate of drug-likeness (QED) is 0.796. The molecule has 0 aliphatic heterocycles. The van der Waals surface area contributed by atoms with Gasteiger partial charge in [0.05, 0.1) is 12.1 Å². The first kappa shape index (κ1) is 13.3. The molecule has 100 valence electrons. The molecule has 19 heavy (non-hydrogen) atoms. The first-order chi connectivity index (χ1) is 9.06. The predicted octanol–water partition coefficient (Wildman–Crippen LogP) is 2.76. The van der Waals surface area contributed by atoms with Gasteiger partial charge >= 0.3 is 5.97 Å². The number of ether oxygens (including phenoxy) is 1. The Labute approximate surface area is 111 Å². The maximum Gasteiger partial charge on any atom is 0.343 e. The summed E-state index contributed by atoms with van der Waals surface area (Å²) in [6, 6.07) is 7.44. The summed E-state index contributed by atoms with van der Waals surface area (Å²) < 4.78 is 6.86. The molecule has 1 aromatic carbocycles. The number of para-hydroxylation sites is 1. The molecule has 0 amide bonds. The average molecular weight is 259 g/mol. The van der Waals surface area contributed by atoms with Gasteiger partial charge in [-0.2, -0.15) is 0 Å². The molecule has 2 aromatic rings. The van der Waals surface area contributed by atoms with Gasteiger partial charge in [0.2, 0.25) is 5.43 Å². The Balaban J connectivity index is 2.77. The number of pyridine rings is 1. The molecule has 0 aliphatic rings. The van der Waals surface area contributed by atoms with Crippen LogP contribution in [-0.4, -0.2) is 17.1 Å². The van der Waals surface area contributed by atoms with Crippen LogP contribution >= 0.6 is 0 Å². The fourth-order valence-corrected chi connectivity index (χ4v) is 2.08. The van der Waals surface area contributed by atoms with Crippen molar-refractivity contribution in [3.05, 3.63) is 46.2 Å². The van der Waals surface area contributed by atoms with E-state index in [-0.39, 0.29) is 23.6 Å². The van der Waals surface area contributed by atoms with Gasteiger partial charge in [-0.05, 0) is 32.9 Å². The van der Waals surface area contributed by atoms with Crippen LogP contribution in [0.5, 0.6) is 0 Å². The van der Waals surface area contributed by atoms with Crippen molar-refractivity contribution in [2.24, 2.45) is 0 Å². The van der Waals surface area contributed by atoms with Gasteiger partial charge in [-0.15, -0.1) is 0 Å². The van der Waals surface area contributed by atoms with E-state index in [1.165, 1.54) is 0 Å². The molecule has 0 fully saturated rings. The van der Waals surface area contributed by atoms with Crippen LogP contribution in [-0.2, 0) is 4.74 Å². The van der Waals surface area contributed by atoms with E-state index in [1.54, 1.807) is 25.3 Å². The number of fused-ring (bicyclic) bond motifs is 1. The molecule has 4 heteroatoms. The van der Waals surface area contributed by atoms with Crippen molar-refractivity contribution in [2.75, 3.05) is 6.61 Å². The standard InChI is InChI=1S/C15H17NO3/c1-4-19-15(18)12-9-16(10(2)3)13-8-6-5-7-11(13)14(12)17/h5-10H,4H2,1-3H3. The highest BCUT2D eigenvalue weighted by atomic mass is 16.5. The van der Waals surface area contributed by atoms with E-state index < -0.39 is 5.97 Å². The molecular formula is C15H17NO3. The lowest BCUT2D eigenvalue weighted by Gasteiger charge is -2.16. The largest absolute Gasteiger partial charge is 0.462 e. The SMILES string of the molecule is CCOC(=O)c1cn(C(C)C)c2ccccc2c1=O. The van der Waals surface area contributed by atoms with Gasteiger partial charge in [0.15, 0.2) is 0 Å². The molecule has 2 rings (SSSR count). The molecule has 0 radical (unpaired) electrons. The first-order valence-electron chi connectivity index (χ1n) is 6.37. The number of nitrogens with zero attached hydrogens (tertiary/aromatic N) is 1. The normalized spacial score (nSPS) is 10.9. The van der Waals surface area contributed by atoms with E-state index in [9.17, 15) is 9.59 Å². The van der Waals surface area contributed by atoms with Crippen LogP contribution < -0.4 is 5.43 Å². The minimum absolute atomic E-state index is 0.0919. The summed E-state index contributed by atoms with van der Waals surface area (Å²) in [5.74, 6) is -0.562. The fraction of sp³-hybridized carbons (Fsp3) is 0.333. The summed E-state index contributed by atoms with van der Waals surface area (Å²) in [5.41, 5.74) is 0.649. The molecule has 0 unspecified atom stereocenters. The third-order valence-corrected chi connectivity index (χ3v) is 2.99. The van der Waals surface area contributed by atoms with Crippen molar-refractivity contribution in [3.8, 4) is 0 Å². The Morgan fingerprint density at radius 2 is 2.00 bits per heavy atom. The summed E-state index contributed by atoms with van der Waals surface area (Å²) >= 11 is 0. The molecule has 1 heterocycles. The number of hydrogen-bond donors (Lipinski definition) is 0. The minimum atomic E-state index is -0.562. The molecule has 0 saturated heterocycles.